The molecule has 2 N–H and O–H groups in total. The van der Waals surface area contributed by atoms with Gasteiger partial charge in [0.2, 0.25) is 0 Å². The first-order chi connectivity index (χ1) is 12.2. The summed E-state index contributed by atoms with van der Waals surface area (Å²) in [6, 6.07) is 14.3. The fraction of sp³-hybridized carbons (Fsp3) is 0.300. The first-order valence-electron chi connectivity index (χ1n) is 8.65. The average Bonchev–Trinajstić information content (AvgIpc) is 3.25. The maximum atomic E-state index is 12.9. The quantitative estimate of drug-likeness (QED) is 0.725. The molecule has 5 nitrogen and oxygen atoms in total. The maximum Gasteiger partial charge on any atom is 0.274 e. The molecule has 0 aliphatic carbocycles. The Morgan fingerprint density at radius 1 is 1.19 bits per heavy atom. The second-order valence-electron chi connectivity index (χ2n) is 6.82. The number of pyridine rings is 1. The molecule has 3 aromatic rings. The molecule has 0 spiro atoms. The number of halogens is 2. The zero-order chi connectivity index (χ0) is 17.4. The molecule has 0 unspecified atom stereocenters. The highest BCUT2D eigenvalue weighted by molar-refractivity contribution is 5.93. The van der Waals surface area contributed by atoms with E-state index in [2.05, 4.69) is 17.1 Å². The summed E-state index contributed by atoms with van der Waals surface area (Å²) in [6.07, 6.45) is 3.75. The Kier molecular flexibility index (Phi) is 6.87. The van der Waals surface area contributed by atoms with Gasteiger partial charge in [-0.1, -0.05) is 30.3 Å². The zero-order valence-corrected chi connectivity index (χ0v) is 16.7. The number of benzene rings is 1. The smallest absolute Gasteiger partial charge is 0.274 e. The van der Waals surface area contributed by atoms with Crippen molar-refractivity contribution in [2.75, 3.05) is 19.6 Å². The van der Waals surface area contributed by atoms with E-state index in [0.29, 0.717) is 25.3 Å². The number of fused-ring (bicyclic) bond motifs is 1. The molecule has 1 fully saturated rings. The van der Waals surface area contributed by atoms with Crippen molar-refractivity contribution in [1.29, 1.82) is 0 Å². The minimum atomic E-state index is -0.0155. The lowest BCUT2D eigenvalue weighted by atomic mass is 9.89. The Labute approximate surface area is 171 Å². The second-order valence-corrected chi connectivity index (χ2v) is 6.82. The molecule has 0 bridgehead atoms. The number of imidazole rings is 1. The van der Waals surface area contributed by atoms with Crippen LogP contribution in [0.25, 0.3) is 5.65 Å². The van der Waals surface area contributed by atoms with Crippen LogP contribution in [-0.4, -0.2) is 39.8 Å². The molecule has 0 saturated carbocycles. The summed E-state index contributed by atoms with van der Waals surface area (Å²) in [6.45, 7) is 3.97. The number of amides is 1. The maximum absolute atomic E-state index is 12.9. The lowest BCUT2D eigenvalue weighted by Crippen LogP contribution is -2.30. The Balaban J connectivity index is 0.00000131. The predicted molar refractivity (Wildman–Crippen MR) is 112 cm³/mol. The number of hydrogen-bond acceptors (Lipinski definition) is 3. The molecule has 3 heterocycles. The Morgan fingerprint density at radius 2 is 1.93 bits per heavy atom. The molecule has 1 aromatic carbocycles. The second kappa shape index (κ2) is 8.74. The van der Waals surface area contributed by atoms with Crippen molar-refractivity contribution in [2.24, 2.45) is 11.7 Å². The standard InChI is InChI=1S/C20H22N4O.2ClH/c1-14-7-8-23-13-18(22-19(23)9-14)20(25)24-11-16(10-21)17(12-24)15-5-3-2-4-6-15;;/h2-9,13,16-17H,10-12,21H2,1H3;2*1H/t16-,17+;;/m1../s1. The van der Waals surface area contributed by atoms with Gasteiger partial charge in [0.25, 0.3) is 5.91 Å². The van der Waals surface area contributed by atoms with E-state index in [-0.39, 0.29) is 42.6 Å². The number of aryl methyl sites for hydroxylation is 1. The Hall–Kier alpha value is -2.08. The number of likely N-dealkylation sites (tertiary alicyclic amines) is 1. The van der Waals surface area contributed by atoms with Gasteiger partial charge in [-0.25, -0.2) is 4.98 Å². The van der Waals surface area contributed by atoms with Crippen LogP contribution in [0.5, 0.6) is 0 Å². The van der Waals surface area contributed by atoms with Crippen LogP contribution in [0.2, 0.25) is 0 Å². The summed E-state index contributed by atoms with van der Waals surface area (Å²) in [7, 11) is 0. The summed E-state index contributed by atoms with van der Waals surface area (Å²) in [5, 5.41) is 0. The molecule has 27 heavy (non-hydrogen) atoms. The lowest BCUT2D eigenvalue weighted by molar-refractivity contribution is 0.0781. The van der Waals surface area contributed by atoms with E-state index >= 15 is 0 Å². The van der Waals surface area contributed by atoms with Crippen LogP contribution in [0.1, 0.15) is 27.5 Å². The van der Waals surface area contributed by atoms with Gasteiger partial charge in [-0.2, -0.15) is 0 Å². The van der Waals surface area contributed by atoms with Gasteiger partial charge in [0.1, 0.15) is 11.3 Å². The molecule has 2 aromatic heterocycles. The third kappa shape index (κ3) is 4.10. The van der Waals surface area contributed by atoms with Crippen LogP contribution in [0.15, 0.2) is 54.9 Å². The molecule has 4 rings (SSSR count). The highest BCUT2D eigenvalue weighted by Gasteiger charge is 2.36. The Morgan fingerprint density at radius 3 is 2.63 bits per heavy atom. The van der Waals surface area contributed by atoms with Crippen LogP contribution < -0.4 is 5.73 Å². The van der Waals surface area contributed by atoms with Crippen molar-refractivity contribution < 1.29 is 4.79 Å². The van der Waals surface area contributed by atoms with Gasteiger partial charge in [-0.15, -0.1) is 24.8 Å². The molecule has 144 valence electrons. The van der Waals surface area contributed by atoms with Crippen molar-refractivity contribution in [3.05, 3.63) is 71.7 Å². The summed E-state index contributed by atoms with van der Waals surface area (Å²) < 4.78 is 1.89. The molecule has 1 aliphatic rings. The van der Waals surface area contributed by atoms with Gasteiger partial charge in [0, 0.05) is 31.4 Å². The number of nitrogens with zero attached hydrogens (tertiary/aromatic N) is 3. The van der Waals surface area contributed by atoms with Crippen molar-refractivity contribution in [2.45, 2.75) is 12.8 Å². The van der Waals surface area contributed by atoms with Gasteiger partial charge in [-0.05, 0) is 42.6 Å². The number of hydrogen-bond donors (Lipinski definition) is 1. The lowest BCUT2D eigenvalue weighted by Gasteiger charge is -2.16. The average molecular weight is 407 g/mol. The van der Waals surface area contributed by atoms with E-state index in [1.165, 1.54) is 5.56 Å². The Bertz CT molecular complexity index is 913. The summed E-state index contributed by atoms with van der Waals surface area (Å²) in [5.41, 5.74) is 9.66. The van der Waals surface area contributed by atoms with Crippen LogP contribution in [0, 0.1) is 12.8 Å². The summed E-state index contributed by atoms with van der Waals surface area (Å²) in [5.74, 6) is 0.554. The highest BCUT2D eigenvalue weighted by Crippen LogP contribution is 2.32. The molecule has 1 amide bonds. The van der Waals surface area contributed by atoms with Crippen molar-refractivity contribution in [3.8, 4) is 0 Å². The molecule has 7 heteroatoms. The molecule has 0 radical (unpaired) electrons. The minimum Gasteiger partial charge on any atom is -0.336 e. The topological polar surface area (TPSA) is 63.6 Å². The number of nitrogens with two attached hydrogens (primary N) is 1. The van der Waals surface area contributed by atoms with Crippen molar-refractivity contribution in [1.82, 2.24) is 14.3 Å². The van der Waals surface area contributed by atoms with E-state index in [1.54, 1.807) is 0 Å². The third-order valence-corrected chi connectivity index (χ3v) is 5.09. The summed E-state index contributed by atoms with van der Waals surface area (Å²) >= 11 is 0. The molecule has 2 atom stereocenters. The van der Waals surface area contributed by atoms with Crippen LogP contribution >= 0.6 is 24.8 Å². The van der Waals surface area contributed by atoms with E-state index in [1.807, 2.05) is 58.9 Å². The predicted octanol–water partition coefficient (Wildman–Crippen LogP) is 3.30. The number of carbonyl (C=O) groups excluding carboxylic acids is 1. The first-order valence-corrected chi connectivity index (χ1v) is 8.65. The SMILES string of the molecule is Cc1ccn2cc(C(=O)N3C[C@@H](CN)[C@H](c4ccccc4)C3)nc2c1.Cl.Cl. The van der Waals surface area contributed by atoms with E-state index in [9.17, 15) is 4.79 Å². The monoisotopic (exact) mass is 406 g/mol. The van der Waals surface area contributed by atoms with E-state index < -0.39 is 0 Å². The highest BCUT2D eigenvalue weighted by atomic mass is 35.5. The van der Waals surface area contributed by atoms with Crippen LogP contribution in [0.3, 0.4) is 0 Å². The zero-order valence-electron chi connectivity index (χ0n) is 15.1. The number of rotatable bonds is 3. The normalized spacial score (nSPS) is 18.8. The van der Waals surface area contributed by atoms with Gasteiger partial charge in [-0.3, -0.25) is 4.79 Å². The molecular weight excluding hydrogens is 383 g/mol. The van der Waals surface area contributed by atoms with Gasteiger partial charge in [0.05, 0.1) is 0 Å². The van der Waals surface area contributed by atoms with Crippen molar-refractivity contribution in [3.63, 3.8) is 0 Å². The fourth-order valence-corrected chi connectivity index (χ4v) is 3.70. The van der Waals surface area contributed by atoms with Crippen molar-refractivity contribution >= 4 is 36.4 Å². The molecule has 1 aliphatic heterocycles. The minimum absolute atomic E-state index is 0. The van der Waals surface area contributed by atoms with E-state index in [4.69, 9.17) is 5.73 Å². The number of carbonyl (C=O) groups is 1. The molecule has 1 saturated heterocycles. The molecular formula is C20H24Cl2N4O. The number of aromatic nitrogens is 2. The summed E-state index contributed by atoms with van der Waals surface area (Å²) in [4.78, 5) is 19.3. The fourth-order valence-electron chi connectivity index (χ4n) is 3.70. The largest absolute Gasteiger partial charge is 0.336 e. The van der Waals surface area contributed by atoms with Gasteiger partial charge in [0.15, 0.2) is 0 Å². The first kappa shape index (κ1) is 21.2. The van der Waals surface area contributed by atoms with Gasteiger partial charge < -0.3 is 15.0 Å². The third-order valence-electron chi connectivity index (χ3n) is 5.09. The van der Waals surface area contributed by atoms with Gasteiger partial charge >= 0.3 is 0 Å². The van der Waals surface area contributed by atoms with Crippen LogP contribution in [0.4, 0.5) is 0 Å². The van der Waals surface area contributed by atoms with Crippen LogP contribution in [-0.2, 0) is 0 Å². The van der Waals surface area contributed by atoms with E-state index in [0.717, 1.165) is 11.2 Å².